The summed E-state index contributed by atoms with van der Waals surface area (Å²) in [6.45, 7) is 1.38. The third kappa shape index (κ3) is 4.72. The minimum Gasteiger partial charge on any atom is -0.478 e. The number of anilines is 1. The lowest BCUT2D eigenvalue weighted by Gasteiger charge is -2.43. The average molecular weight is 544 g/mol. The number of nitrogens with zero attached hydrogens (tertiary/aromatic N) is 6. The summed E-state index contributed by atoms with van der Waals surface area (Å²) in [5.41, 5.74) is 10.00. The van der Waals surface area contributed by atoms with E-state index in [1.54, 1.807) is 6.92 Å². The van der Waals surface area contributed by atoms with Crippen LogP contribution in [0.25, 0.3) is 0 Å². The number of carbonyl (C=O) groups excluding carboxylic acids is 2. The summed E-state index contributed by atoms with van der Waals surface area (Å²) in [5.74, 6) is -3.41. The third-order valence-corrected chi connectivity index (χ3v) is 7.17. The van der Waals surface area contributed by atoms with Crippen LogP contribution >= 0.6 is 11.3 Å². The number of hydrogen-bond donors (Lipinski definition) is 5. The Morgan fingerprint density at radius 3 is 2.58 bits per heavy atom. The first-order valence-corrected chi connectivity index (χ1v) is 12.6. The number of rotatable bonds is 10. The van der Waals surface area contributed by atoms with E-state index in [0.717, 1.165) is 16.1 Å². The highest BCUT2D eigenvalue weighted by Crippen LogP contribution is 2.40. The van der Waals surface area contributed by atoms with Gasteiger partial charge in [-0.2, -0.15) is 23.4 Å². The molecule has 2 atom stereocenters. The quantitative estimate of drug-likeness (QED) is 0.0908. The fourth-order valence-electron chi connectivity index (χ4n) is 3.44. The molecule has 4 rings (SSSR count). The predicted octanol–water partition coefficient (Wildman–Crippen LogP) is -2.38. The highest BCUT2D eigenvalue weighted by Gasteiger charge is 2.56. The van der Waals surface area contributed by atoms with Crippen molar-refractivity contribution in [2.75, 3.05) is 5.73 Å². The number of aliphatic carboxylic acids is 1. The zero-order valence-electron chi connectivity index (χ0n) is 18.6. The average Bonchev–Trinajstić information content (AvgIpc) is 3.34. The Kier molecular flexibility index (Phi) is 6.41. The van der Waals surface area contributed by atoms with Crippen LogP contribution in [0.2, 0.25) is 0 Å². The Balaban J connectivity index is 1.60. The summed E-state index contributed by atoms with van der Waals surface area (Å²) >= 11 is 0.973. The number of aromatic nitrogens is 4. The van der Waals surface area contributed by atoms with E-state index in [2.05, 4.69) is 25.7 Å². The number of hydrogen-bond acceptors (Lipinski definition) is 13. The van der Waals surface area contributed by atoms with Crippen molar-refractivity contribution >= 4 is 50.3 Å². The van der Waals surface area contributed by atoms with Gasteiger partial charge in [0, 0.05) is 24.8 Å². The molecule has 1 aliphatic carbocycles. The maximum atomic E-state index is 13.1. The van der Waals surface area contributed by atoms with Crippen molar-refractivity contribution in [1.82, 2.24) is 29.6 Å². The van der Waals surface area contributed by atoms with Crippen LogP contribution in [0, 0.1) is 6.92 Å². The molecule has 0 aromatic carbocycles. The van der Waals surface area contributed by atoms with Crippen molar-refractivity contribution in [1.29, 1.82) is 0 Å². The van der Waals surface area contributed by atoms with E-state index in [1.807, 2.05) is 0 Å². The maximum absolute atomic E-state index is 13.1. The number of nitrogens with two attached hydrogens (primary N) is 2. The van der Waals surface area contributed by atoms with Gasteiger partial charge in [-0.25, -0.2) is 14.1 Å². The van der Waals surface area contributed by atoms with Crippen LogP contribution in [-0.4, -0.2) is 83.5 Å². The second kappa shape index (κ2) is 9.08. The molecule has 2 aliphatic rings. The van der Waals surface area contributed by atoms with Crippen LogP contribution in [0.1, 0.15) is 29.9 Å². The van der Waals surface area contributed by atoms with E-state index in [-0.39, 0.29) is 41.1 Å². The topological polar surface area (TPSA) is 258 Å². The first-order chi connectivity index (χ1) is 16.9. The van der Waals surface area contributed by atoms with E-state index >= 15 is 0 Å². The van der Waals surface area contributed by atoms with E-state index in [4.69, 9.17) is 16.3 Å². The molecule has 0 spiro atoms. The Morgan fingerprint density at radius 1 is 1.39 bits per heavy atom. The molecular weight excluding hydrogens is 522 g/mol. The largest absolute Gasteiger partial charge is 0.478 e. The molecule has 1 unspecified atom stereocenters. The van der Waals surface area contributed by atoms with Crippen molar-refractivity contribution in [2.45, 2.75) is 50.5 Å². The van der Waals surface area contributed by atoms with Crippen LogP contribution in [-0.2, 0) is 42.6 Å². The van der Waals surface area contributed by atoms with Gasteiger partial charge in [0.1, 0.15) is 17.8 Å². The normalized spacial score (nSPS) is 21.1. The SMILES string of the molecule is Cc1nn(C[C@@H]2C(NC(=O)/C(=N\OC3(C(=O)O)CC3)c3csc(N)n3)C(=O)N2S(=O)(=O)O)nc1CN. The fraction of sp³-hybridized carbons (Fsp3) is 0.471. The summed E-state index contributed by atoms with van der Waals surface area (Å²) in [5, 5.41) is 25.0. The van der Waals surface area contributed by atoms with Gasteiger partial charge in [0.25, 0.3) is 11.8 Å². The molecule has 7 N–H and O–H groups in total. The number of nitrogen functional groups attached to an aromatic ring is 1. The van der Waals surface area contributed by atoms with Gasteiger partial charge < -0.3 is 26.7 Å². The molecule has 0 radical (unpaired) electrons. The molecule has 2 aromatic heterocycles. The third-order valence-electron chi connectivity index (χ3n) is 5.55. The van der Waals surface area contributed by atoms with Gasteiger partial charge in [-0.3, -0.25) is 14.1 Å². The molecule has 17 nitrogen and oxygen atoms in total. The Morgan fingerprint density at radius 2 is 2.08 bits per heavy atom. The highest BCUT2D eigenvalue weighted by molar-refractivity contribution is 7.84. The first kappa shape index (κ1) is 25.4. The number of amides is 2. The number of β-lactam (4-membered cyclic amide) rings is 1. The molecule has 19 heteroatoms. The maximum Gasteiger partial charge on any atom is 0.362 e. The zero-order chi connectivity index (χ0) is 26.4. The lowest BCUT2D eigenvalue weighted by atomic mass is 9.98. The lowest BCUT2D eigenvalue weighted by molar-refractivity contribution is -0.153. The van der Waals surface area contributed by atoms with Crippen molar-refractivity contribution in [3.8, 4) is 0 Å². The van der Waals surface area contributed by atoms with E-state index in [9.17, 15) is 32.5 Å². The monoisotopic (exact) mass is 543 g/mol. The molecule has 1 aliphatic heterocycles. The Bertz CT molecular complexity index is 1360. The number of oxime groups is 1. The predicted molar refractivity (Wildman–Crippen MR) is 121 cm³/mol. The summed E-state index contributed by atoms with van der Waals surface area (Å²) in [6.07, 6.45) is 0.348. The van der Waals surface area contributed by atoms with Gasteiger partial charge in [-0.05, 0) is 6.92 Å². The number of nitrogens with one attached hydrogen (secondary N) is 1. The van der Waals surface area contributed by atoms with Crippen LogP contribution in [0.4, 0.5) is 5.13 Å². The van der Waals surface area contributed by atoms with Crippen LogP contribution in [0.5, 0.6) is 0 Å². The molecule has 36 heavy (non-hydrogen) atoms. The Hall–Kier alpha value is -3.68. The van der Waals surface area contributed by atoms with Gasteiger partial charge in [0.2, 0.25) is 5.60 Å². The van der Waals surface area contributed by atoms with Crippen molar-refractivity contribution < 1.29 is 37.3 Å². The van der Waals surface area contributed by atoms with E-state index < -0.39 is 51.5 Å². The number of thiazole rings is 1. The smallest absolute Gasteiger partial charge is 0.362 e. The minimum atomic E-state index is -4.97. The molecule has 2 aromatic rings. The summed E-state index contributed by atoms with van der Waals surface area (Å²) in [6, 6.07) is -2.74. The van der Waals surface area contributed by atoms with Crippen molar-refractivity contribution in [3.05, 3.63) is 22.5 Å². The van der Waals surface area contributed by atoms with Gasteiger partial charge >= 0.3 is 16.3 Å². The molecule has 2 amide bonds. The highest BCUT2D eigenvalue weighted by atomic mass is 32.2. The molecule has 0 bridgehead atoms. The second-order valence-corrected chi connectivity index (χ2v) is 10.2. The number of carbonyl (C=O) groups is 3. The van der Waals surface area contributed by atoms with E-state index in [0.29, 0.717) is 11.4 Å². The zero-order valence-corrected chi connectivity index (χ0v) is 20.2. The standard InChI is InChI=1S/C17H21N9O8S2/c1-7-8(4-18)23-25(22-7)5-10-12(14(28)26(10)36(31,32)33)21-13(27)11(9-6-35-16(19)20-9)24-34-17(2-3-17)15(29)30/h6,10,12H,2-5,18H2,1H3,(H2,19,20)(H,21,27)(H,29,30)(H,31,32,33)/b24-11-/t10-,12?/m1/s1. The summed E-state index contributed by atoms with van der Waals surface area (Å²) in [7, 11) is -4.97. The van der Waals surface area contributed by atoms with E-state index in [1.165, 1.54) is 5.38 Å². The van der Waals surface area contributed by atoms with Crippen LogP contribution in [0.15, 0.2) is 10.5 Å². The number of carboxylic acid groups (broad SMARTS) is 1. The number of carboxylic acids is 1. The fourth-order valence-corrected chi connectivity index (χ4v) is 4.86. The van der Waals surface area contributed by atoms with Gasteiger partial charge in [0.15, 0.2) is 10.8 Å². The first-order valence-electron chi connectivity index (χ1n) is 10.3. The summed E-state index contributed by atoms with van der Waals surface area (Å²) in [4.78, 5) is 47.2. The molecule has 1 saturated carbocycles. The van der Waals surface area contributed by atoms with Gasteiger partial charge in [-0.1, -0.05) is 5.16 Å². The molecular formula is C17H21N9O8S2. The molecule has 2 fully saturated rings. The molecule has 1 saturated heterocycles. The summed E-state index contributed by atoms with van der Waals surface area (Å²) < 4.78 is 33.3. The number of aryl methyl sites for hydroxylation is 1. The lowest BCUT2D eigenvalue weighted by Crippen LogP contribution is -2.73. The Labute approximate surface area is 207 Å². The van der Waals surface area contributed by atoms with Crippen LogP contribution < -0.4 is 16.8 Å². The molecule has 194 valence electrons. The minimum absolute atomic E-state index is 0.0527. The van der Waals surface area contributed by atoms with Gasteiger partial charge in [-0.15, -0.1) is 11.3 Å². The second-order valence-electron chi connectivity index (χ2n) is 8.02. The van der Waals surface area contributed by atoms with Crippen molar-refractivity contribution in [2.24, 2.45) is 10.9 Å². The van der Waals surface area contributed by atoms with Crippen molar-refractivity contribution in [3.63, 3.8) is 0 Å². The molecule has 3 heterocycles. The van der Waals surface area contributed by atoms with Crippen LogP contribution in [0.3, 0.4) is 0 Å². The van der Waals surface area contributed by atoms with Gasteiger partial charge in [0.05, 0.1) is 17.9 Å².